The van der Waals surface area contributed by atoms with E-state index in [-0.39, 0.29) is 24.1 Å². The standard InChI is InChI=1S/C18H22ClN3O3/c1-5-20-17(24)11(4)21-15-8-12(6-7-14(15)19)22-16(23)9-13(10(2)3)18(22)25/h6-8,11,21H,5,9H2,1-4H3,(H,20,24). The number of nitrogens with zero attached hydrogens (tertiary/aromatic N) is 1. The SMILES string of the molecule is CCNC(=O)C(C)Nc1cc(N2C(=O)CC(=C(C)C)C2=O)ccc1Cl. The van der Waals surface area contributed by atoms with Crippen molar-refractivity contribution in [2.24, 2.45) is 0 Å². The molecule has 3 amide bonds. The number of carbonyl (C=O) groups excluding carboxylic acids is 3. The van der Waals surface area contributed by atoms with E-state index in [0.29, 0.717) is 28.5 Å². The monoisotopic (exact) mass is 363 g/mol. The molecule has 1 atom stereocenters. The smallest absolute Gasteiger partial charge is 0.261 e. The highest BCUT2D eigenvalue weighted by atomic mass is 35.5. The summed E-state index contributed by atoms with van der Waals surface area (Å²) in [4.78, 5) is 37.8. The average molecular weight is 364 g/mol. The van der Waals surface area contributed by atoms with Gasteiger partial charge in [0.1, 0.15) is 6.04 Å². The van der Waals surface area contributed by atoms with E-state index >= 15 is 0 Å². The summed E-state index contributed by atoms with van der Waals surface area (Å²) in [6, 6.07) is 4.33. The van der Waals surface area contributed by atoms with Crippen LogP contribution in [-0.2, 0) is 14.4 Å². The fourth-order valence-electron chi connectivity index (χ4n) is 2.60. The minimum atomic E-state index is -0.508. The maximum Gasteiger partial charge on any atom is 0.261 e. The summed E-state index contributed by atoms with van der Waals surface area (Å²) in [7, 11) is 0. The molecule has 2 rings (SSSR count). The fraction of sp³-hybridized carbons (Fsp3) is 0.389. The minimum absolute atomic E-state index is 0.0991. The highest BCUT2D eigenvalue weighted by Crippen LogP contribution is 2.33. The maximum absolute atomic E-state index is 12.5. The van der Waals surface area contributed by atoms with E-state index in [1.54, 1.807) is 25.1 Å². The van der Waals surface area contributed by atoms with Crippen LogP contribution >= 0.6 is 11.6 Å². The van der Waals surface area contributed by atoms with E-state index < -0.39 is 6.04 Å². The molecule has 0 aromatic heterocycles. The Hall–Kier alpha value is -2.34. The van der Waals surface area contributed by atoms with Crippen molar-refractivity contribution in [3.05, 3.63) is 34.4 Å². The molecule has 1 aromatic rings. The molecule has 6 nitrogen and oxygen atoms in total. The zero-order valence-electron chi connectivity index (χ0n) is 14.8. The molecule has 0 bridgehead atoms. The van der Waals surface area contributed by atoms with Gasteiger partial charge in [-0.3, -0.25) is 14.4 Å². The molecule has 0 radical (unpaired) electrons. The highest BCUT2D eigenvalue weighted by molar-refractivity contribution is 6.34. The summed E-state index contributed by atoms with van der Waals surface area (Å²) < 4.78 is 0. The Kier molecular flexibility index (Phi) is 5.85. The highest BCUT2D eigenvalue weighted by Gasteiger charge is 2.35. The van der Waals surface area contributed by atoms with Crippen LogP contribution in [0.3, 0.4) is 0 Å². The first kappa shape index (κ1) is 19.0. The van der Waals surface area contributed by atoms with E-state index in [9.17, 15) is 14.4 Å². The third kappa shape index (κ3) is 4.02. The number of hydrogen-bond donors (Lipinski definition) is 2. The van der Waals surface area contributed by atoms with E-state index in [1.165, 1.54) is 0 Å². The number of hydrogen-bond acceptors (Lipinski definition) is 4. The number of carbonyl (C=O) groups is 3. The van der Waals surface area contributed by atoms with E-state index in [0.717, 1.165) is 10.5 Å². The van der Waals surface area contributed by atoms with E-state index in [4.69, 9.17) is 11.6 Å². The molecule has 0 spiro atoms. The lowest BCUT2D eigenvalue weighted by Crippen LogP contribution is -2.37. The van der Waals surface area contributed by atoms with Gasteiger partial charge in [-0.2, -0.15) is 0 Å². The summed E-state index contributed by atoms with van der Waals surface area (Å²) in [5.74, 6) is -0.745. The normalized spacial score (nSPS) is 15.4. The molecule has 0 aliphatic carbocycles. The number of likely N-dealkylation sites (N-methyl/N-ethyl adjacent to an activating group) is 1. The number of benzene rings is 1. The Balaban J connectivity index is 2.30. The Morgan fingerprint density at radius 3 is 2.56 bits per heavy atom. The molecule has 1 fully saturated rings. The Morgan fingerprint density at radius 1 is 1.32 bits per heavy atom. The molecular weight excluding hydrogens is 342 g/mol. The number of halogens is 1. The van der Waals surface area contributed by atoms with Crippen molar-refractivity contribution in [1.82, 2.24) is 5.32 Å². The predicted octanol–water partition coefficient (Wildman–Crippen LogP) is 2.88. The summed E-state index contributed by atoms with van der Waals surface area (Å²) in [5.41, 5.74) is 2.27. The van der Waals surface area contributed by atoms with E-state index in [1.807, 2.05) is 20.8 Å². The van der Waals surface area contributed by atoms with Crippen molar-refractivity contribution < 1.29 is 14.4 Å². The lowest BCUT2D eigenvalue weighted by molar-refractivity contribution is -0.122. The first-order valence-corrected chi connectivity index (χ1v) is 8.51. The first-order valence-electron chi connectivity index (χ1n) is 8.13. The molecule has 1 saturated heterocycles. The van der Waals surface area contributed by atoms with Crippen LogP contribution < -0.4 is 15.5 Å². The minimum Gasteiger partial charge on any atom is -0.373 e. The van der Waals surface area contributed by atoms with Gasteiger partial charge in [-0.05, 0) is 45.9 Å². The van der Waals surface area contributed by atoms with Crippen molar-refractivity contribution in [2.75, 3.05) is 16.8 Å². The summed E-state index contributed by atoms with van der Waals surface area (Å²) >= 11 is 6.19. The summed E-state index contributed by atoms with van der Waals surface area (Å²) in [5, 5.41) is 6.14. The largest absolute Gasteiger partial charge is 0.373 e. The molecule has 25 heavy (non-hydrogen) atoms. The quantitative estimate of drug-likeness (QED) is 0.622. The third-order valence-corrected chi connectivity index (χ3v) is 4.30. The lowest BCUT2D eigenvalue weighted by atomic mass is 10.1. The Morgan fingerprint density at radius 2 is 2.00 bits per heavy atom. The van der Waals surface area contributed by atoms with Crippen LogP contribution in [-0.4, -0.2) is 30.3 Å². The predicted molar refractivity (Wildman–Crippen MR) is 98.7 cm³/mol. The topological polar surface area (TPSA) is 78.5 Å². The van der Waals surface area contributed by atoms with Gasteiger partial charge >= 0.3 is 0 Å². The number of anilines is 2. The van der Waals surface area contributed by atoms with Crippen molar-refractivity contribution in [2.45, 2.75) is 40.2 Å². The number of imide groups is 1. The van der Waals surface area contributed by atoms with Crippen LogP contribution in [0.2, 0.25) is 5.02 Å². The van der Waals surface area contributed by atoms with Gasteiger partial charge < -0.3 is 10.6 Å². The lowest BCUT2D eigenvalue weighted by Gasteiger charge is -2.19. The second-order valence-electron chi connectivity index (χ2n) is 6.11. The van der Waals surface area contributed by atoms with Crippen LogP contribution in [0, 0.1) is 0 Å². The van der Waals surface area contributed by atoms with Gasteiger partial charge in [-0.15, -0.1) is 0 Å². The van der Waals surface area contributed by atoms with Gasteiger partial charge in [-0.25, -0.2) is 4.90 Å². The van der Waals surface area contributed by atoms with E-state index in [2.05, 4.69) is 10.6 Å². The Labute approximate surface area is 152 Å². The van der Waals surface area contributed by atoms with Gasteiger partial charge in [0.05, 0.1) is 22.8 Å². The second-order valence-corrected chi connectivity index (χ2v) is 6.52. The van der Waals surface area contributed by atoms with Crippen LogP contribution in [0.5, 0.6) is 0 Å². The zero-order chi connectivity index (χ0) is 18.7. The molecular formula is C18H22ClN3O3. The number of nitrogens with one attached hydrogen (secondary N) is 2. The second kappa shape index (κ2) is 7.70. The van der Waals surface area contributed by atoms with Gasteiger partial charge in [0.15, 0.2) is 0 Å². The molecule has 1 heterocycles. The average Bonchev–Trinajstić information content (AvgIpc) is 2.85. The van der Waals surface area contributed by atoms with Crippen LogP contribution in [0.15, 0.2) is 29.3 Å². The fourth-order valence-corrected chi connectivity index (χ4v) is 2.77. The number of rotatable bonds is 5. The van der Waals surface area contributed by atoms with Crippen LogP contribution in [0.1, 0.15) is 34.1 Å². The van der Waals surface area contributed by atoms with Crippen LogP contribution in [0.4, 0.5) is 11.4 Å². The van der Waals surface area contributed by atoms with Crippen LogP contribution in [0.25, 0.3) is 0 Å². The van der Waals surface area contributed by atoms with Crippen molar-refractivity contribution in [3.63, 3.8) is 0 Å². The summed E-state index contributed by atoms with van der Waals surface area (Å²) in [6.45, 7) is 7.70. The molecule has 1 aliphatic heterocycles. The molecule has 2 N–H and O–H groups in total. The number of allylic oxidation sites excluding steroid dienone is 1. The van der Waals surface area contributed by atoms with Gasteiger partial charge in [0.2, 0.25) is 11.8 Å². The molecule has 0 saturated carbocycles. The molecule has 1 aromatic carbocycles. The number of amides is 3. The van der Waals surface area contributed by atoms with Gasteiger partial charge in [0, 0.05) is 12.1 Å². The molecule has 1 unspecified atom stereocenters. The zero-order valence-corrected chi connectivity index (χ0v) is 15.5. The van der Waals surface area contributed by atoms with Crippen molar-refractivity contribution in [3.8, 4) is 0 Å². The van der Waals surface area contributed by atoms with Crippen molar-refractivity contribution >= 4 is 40.7 Å². The molecule has 7 heteroatoms. The van der Waals surface area contributed by atoms with Gasteiger partial charge in [0.25, 0.3) is 5.91 Å². The summed E-state index contributed by atoms with van der Waals surface area (Å²) in [6.07, 6.45) is 0.0991. The Bertz CT molecular complexity index is 754. The molecule has 1 aliphatic rings. The maximum atomic E-state index is 12.5. The van der Waals surface area contributed by atoms with Crippen molar-refractivity contribution in [1.29, 1.82) is 0 Å². The molecule has 134 valence electrons. The first-order chi connectivity index (χ1) is 11.8. The van der Waals surface area contributed by atoms with Gasteiger partial charge in [-0.1, -0.05) is 17.2 Å². The third-order valence-electron chi connectivity index (χ3n) is 3.97.